The Morgan fingerprint density at radius 3 is 2.45 bits per heavy atom. The average Bonchev–Trinajstić information content (AvgIpc) is 2.82. The SMILES string of the molecule is CCC(C)n1ccc(CC(CNC(C)C)CC(C)C)n1. The summed E-state index contributed by atoms with van der Waals surface area (Å²) in [6.45, 7) is 14.6. The van der Waals surface area contributed by atoms with Crippen LogP contribution in [0, 0.1) is 11.8 Å². The van der Waals surface area contributed by atoms with Gasteiger partial charge in [-0.1, -0.05) is 34.6 Å². The van der Waals surface area contributed by atoms with E-state index in [-0.39, 0.29) is 0 Å². The van der Waals surface area contributed by atoms with E-state index in [4.69, 9.17) is 5.10 Å². The largest absolute Gasteiger partial charge is 0.314 e. The van der Waals surface area contributed by atoms with Crippen molar-refractivity contribution in [2.45, 2.75) is 72.9 Å². The molecule has 20 heavy (non-hydrogen) atoms. The molecule has 0 bridgehead atoms. The Bertz CT molecular complexity index is 368. The van der Waals surface area contributed by atoms with Gasteiger partial charge in [0.2, 0.25) is 0 Å². The zero-order chi connectivity index (χ0) is 15.1. The number of hydrogen-bond donors (Lipinski definition) is 1. The van der Waals surface area contributed by atoms with E-state index in [1.54, 1.807) is 0 Å². The predicted molar refractivity (Wildman–Crippen MR) is 87.0 cm³/mol. The fraction of sp³-hybridized carbons (Fsp3) is 0.824. The minimum atomic E-state index is 0.501. The second-order valence-electron chi connectivity index (χ2n) is 6.81. The van der Waals surface area contributed by atoms with E-state index < -0.39 is 0 Å². The van der Waals surface area contributed by atoms with Gasteiger partial charge in [0.25, 0.3) is 0 Å². The van der Waals surface area contributed by atoms with Crippen LogP contribution in [0.4, 0.5) is 0 Å². The second-order valence-corrected chi connectivity index (χ2v) is 6.81. The van der Waals surface area contributed by atoms with E-state index in [0.29, 0.717) is 18.0 Å². The molecule has 0 saturated heterocycles. The molecule has 1 rings (SSSR count). The number of aromatic nitrogens is 2. The summed E-state index contributed by atoms with van der Waals surface area (Å²) in [4.78, 5) is 0. The van der Waals surface area contributed by atoms with Gasteiger partial charge in [0, 0.05) is 18.3 Å². The molecule has 1 heterocycles. The summed E-state index contributed by atoms with van der Waals surface area (Å²) in [6, 6.07) is 3.25. The quantitative estimate of drug-likeness (QED) is 0.739. The highest BCUT2D eigenvalue weighted by atomic mass is 15.3. The van der Waals surface area contributed by atoms with Gasteiger partial charge in [0.15, 0.2) is 0 Å². The number of nitrogens with one attached hydrogen (secondary N) is 1. The molecule has 0 aliphatic rings. The molecule has 0 amide bonds. The summed E-state index contributed by atoms with van der Waals surface area (Å²) < 4.78 is 2.11. The van der Waals surface area contributed by atoms with Crippen LogP contribution < -0.4 is 5.32 Å². The van der Waals surface area contributed by atoms with Crippen LogP contribution in [0.3, 0.4) is 0 Å². The Morgan fingerprint density at radius 2 is 1.90 bits per heavy atom. The minimum Gasteiger partial charge on any atom is -0.314 e. The van der Waals surface area contributed by atoms with Crippen LogP contribution in [0.2, 0.25) is 0 Å². The monoisotopic (exact) mass is 279 g/mol. The van der Waals surface area contributed by atoms with Crippen molar-refractivity contribution < 1.29 is 0 Å². The third-order valence-corrected chi connectivity index (χ3v) is 3.82. The highest BCUT2D eigenvalue weighted by Crippen LogP contribution is 2.17. The van der Waals surface area contributed by atoms with Gasteiger partial charge in [-0.05, 0) is 50.6 Å². The van der Waals surface area contributed by atoms with Crippen LogP contribution in [0.15, 0.2) is 12.3 Å². The third-order valence-electron chi connectivity index (χ3n) is 3.82. The summed E-state index contributed by atoms with van der Waals surface area (Å²) in [7, 11) is 0. The van der Waals surface area contributed by atoms with Crippen LogP contribution in [-0.2, 0) is 6.42 Å². The normalized spacial score (nSPS) is 15.0. The topological polar surface area (TPSA) is 29.9 Å². The summed E-state index contributed by atoms with van der Waals surface area (Å²) in [6.07, 6.45) is 5.61. The number of nitrogens with zero attached hydrogens (tertiary/aromatic N) is 2. The lowest BCUT2D eigenvalue weighted by Crippen LogP contribution is -2.30. The first-order chi connectivity index (χ1) is 9.42. The molecule has 1 aromatic rings. The third kappa shape index (κ3) is 6.08. The predicted octanol–water partition coefficient (Wildman–Crippen LogP) is 4.06. The van der Waals surface area contributed by atoms with Crippen LogP contribution in [0.5, 0.6) is 0 Å². The Hall–Kier alpha value is -0.830. The van der Waals surface area contributed by atoms with Gasteiger partial charge in [-0.2, -0.15) is 5.10 Å². The Morgan fingerprint density at radius 1 is 1.20 bits per heavy atom. The highest BCUT2D eigenvalue weighted by Gasteiger charge is 2.14. The van der Waals surface area contributed by atoms with Gasteiger partial charge in [0.1, 0.15) is 0 Å². The lowest BCUT2D eigenvalue weighted by atomic mass is 9.92. The molecule has 116 valence electrons. The molecule has 3 heteroatoms. The summed E-state index contributed by atoms with van der Waals surface area (Å²) in [5.74, 6) is 1.42. The van der Waals surface area contributed by atoms with Crippen molar-refractivity contribution in [2.75, 3.05) is 6.54 Å². The number of rotatable bonds is 9. The average molecular weight is 279 g/mol. The molecule has 0 radical (unpaired) electrons. The highest BCUT2D eigenvalue weighted by molar-refractivity contribution is 5.01. The summed E-state index contributed by atoms with van der Waals surface area (Å²) in [5, 5.41) is 8.32. The molecular weight excluding hydrogens is 246 g/mol. The maximum absolute atomic E-state index is 4.74. The first-order valence-electron chi connectivity index (χ1n) is 8.19. The number of hydrogen-bond acceptors (Lipinski definition) is 2. The van der Waals surface area contributed by atoms with Crippen LogP contribution >= 0.6 is 0 Å². The van der Waals surface area contributed by atoms with Crippen molar-refractivity contribution in [3.05, 3.63) is 18.0 Å². The molecule has 0 spiro atoms. The molecule has 2 unspecified atom stereocenters. The Balaban J connectivity index is 2.61. The lowest BCUT2D eigenvalue weighted by Gasteiger charge is -2.20. The van der Waals surface area contributed by atoms with E-state index in [0.717, 1.165) is 25.3 Å². The zero-order valence-corrected chi connectivity index (χ0v) is 14.2. The van der Waals surface area contributed by atoms with Gasteiger partial charge < -0.3 is 5.32 Å². The van der Waals surface area contributed by atoms with Gasteiger partial charge in [0.05, 0.1) is 5.69 Å². The molecule has 0 aromatic carbocycles. The van der Waals surface area contributed by atoms with E-state index >= 15 is 0 Å². The van der Waals surface area contributed by atoms with Crippen molar-refractivity contribution in [2.24, 2.45) is 11.8 Å². The van der Waals surface area contributed by atoms with E-state index in [1.807, 2.05) is 0 Å². The Labute approximate surface area is 125 Å². The zero-order valence-electron chi connectivity index (χ0n) is 14.2. The van der Waals surface area contributed by atoms with Crippen molar-refractivity contribution >= 4 is 0 Å². The van der Waals surface area contributed by atoms with Crippen molar-refractivity contribution in [3.8, 4) is 0 Å². The molecule has 0 aliphatic carbocycles. The molecule has 3 nitrogen and oxygen atoms in total. The first kappa shape index (κ1) is 17.2. The van der Waals surface area contributed by atoms with E-state index in [1.165, 1.54) is 12.1 Å². The minimum absolute atomic E-state index is 0.501. The molecule has 0 fully saturated rings. The first-order valence-corrected chi connectivity index (χ1v) is 8.19. The molecule has 0 aliphatic heterocycles. The van der Waals surface area contributed by atoms with Gasteiger partial charge in [-0.3, -0.25) is 4.68 Å². The smallest absolute Gasteiger partial charge is 0.0627 e. The molecule has 0 saturated carbocycles. The molecule has 2 atom stereocenters. The van der Waals surface area contributed by atoms with Crippen LogP contribution in [0.1, 0.15) is 66.1 Å². The van der Waals surface area contributed by atoms with Gasteiger partial charge in [-0.25, -0.2) is 0 Å². The fourth-order valence-corrected chi connectivity index (χ4v) is 2.52. The van der Waals surface area contributed by atoms with E-state index in [2.05, 4.69) is 63.8 Å². The maximum atomic E-state index is 4.74. The van der Waals surface area contributed by atoms with Gasteiger partial charge in [-0.15, -0.1) is 0 Å². The molecule has 1 N–H and O–H groups in total. The van der Waals surface area contributed by atoms with Crippen LogP contribution in [-0.4, -0.2) is 22.4 Å². The van der Waals surface area contributed by atoms with E-state index in [9.17, 15) is 0 Å². The van der Waals surface area contributed by atoms with Crippen molar-refractivity contribution in [1.29, 1.82) is 0 Å². The molecular formula is C17H33N3. The fourth-order valence-electron chi connectivity index (χ4n) is 2.52. The second kappa shape index (κ2) is 8.46. The summed E-state index contributed by atoms with van der Waals surface area (Å²) >= 11 is 0. The Kier molecular flexibility index (Phi) is 7.28. The standard InChI is InChI=1S/C17H33N3/c1-7-15(6)20-9-8-17(19-20)11-16(10-13(2)3)12-18-14(4)5/h8-9,13-16,18H,7,10-12H2,1-6H3. The van der Waals surface area contributed by atoms with Crippen molar-refractivity contribution in [3.63, 3.8) is 0 Å². The van der Waals surface area contributed by atoms with Crippen LogP contribution in [0.25, 0.3) is 0 Å². The van der Waals surface area contributed by atoms with Crippen molar-refractivity contribution in [1.82, 2.24) is 15.1 Å². The van der Waals surface area contributed by atoms with Gasteiger partial charge >= 0.3 is 0 Å². The summed E-state index contributed by atoms with van der Waals surface area (Å²) in [5.41, 5.74) is 1.24. The lowest BCUT2D eigenvalue weighted by molar-refractivity contribution is 0.368. The maximum Gasteiger partial charge on any atom is 0.0627 e. The molecule has 1 aromatic heterocycles.